The van der Waals surface area contributed by atoms with E-state index in [1.165, 1.54) is 20.0 Å². The number of hydrogen-bond acceptors (Lipinski definition) is 5. The van der Waals surface area contributed by atoms with Crippen molar-refractivity contribution in [3.63, 3.8) is 0 Å². The number of ether oxygens (including phenoxy) is 1. The summed E-state index contributed by atoms with van der Waals surface area (Å²) in [7, 11) is 5.48. The van der Waals surface area contributed by atoms with E-state index in [2.05, 4.69) is 41.7 Å². The van der Waals surface area contributed by atoms with Crippen LogP contribution in [0, 0.1) is 0 Å². The smallest absolute Gasteiger partial charge is 0.328 e. The fraction of sp³-hybridized carbons (Fsp3) is 0.867. The molecular formula is C15H30N2O3S. The normalized spacial score (nSPS) is 12.2. The van der Waals surface area contributed by atoms with E-state index in [1.807, 2.05) is 0 Å². The van der Waals surface area contributed by atoms with Crippen LogP contribution < -0.4 is 5.32 Å². The van der Waals surface area contributed by atoms with Crippen LogP contribution in [-0.2, 0) is 14.3 Å². The van der Waals surface area contributed by atoms with Crippen LogP contribution in [0.25, 0.3) is 0 Å². The summed E-state index contributed by atoms with van der Waals surface area (Å²) in [6.07, 6.45) is 6.42. The van der Waals surface area contributed by atoms with Crippen molar-refractivity contribution >= 4 is 24.5 Å². The standard InChI is InChI=1S/C15H30N2O3S/c1-17(2)11-8-6-4-5-7-9-14(18)16-13(10-12-21)15(19)20-3/h13,21H,4-12H2,1-3H3,(H,16,18). The van der Waals surface area contributed by atoms with Crippen molar-refractivity contribution in [2.75, 3.05) is 33.5 Å². The lowest BCUT2D eigenvalue weighted by atomic mass is 10.1. The molecule has 0 aliphatic rings. The third-order valence-electron chi connectivity index (χ3n) is 3.25. The van der Waals surface area contributed by atoms with Gasteiger partial charge in [-0.2, -0.15) is 12.6 Å². The van der Waals surface area contributed by atoms with Crippen molar-refractivity contribution < 1.29 is 14.3 Å². The number of carbonyl (C=O) groups is 2. The topological polar surface area (TPSA) is 58.6 Å². The van der Waals surface area contributed by atoms with Crippen molar-refractivity contribution in [2.45, 2.75) is 51.0 Å². The fourth-order valence-corrected chi connectivity index (χ4v) is 2.29. The van der Waals surface area contributed by atoms with Crippen molar-refractivity contribution in [3.8, 4) is 0 Å². The number of esters is 1. The average molecular weight is 318 g/mol. The third-order valence-corrected chi connectivity index (χ3v) is 3.51. The van der Waals surface area contributed by atoms with Crippen LogP contribution in [0.3, 0.4) is 0 Å². The van der Waals surface area contributed by atoms with Gasteiger partial charge in [-0.3, -0.25) is 4.79 Å². The maximum absolute atomic E-state index is 11.8. The number of nitrogens with zero attached hydrogens (tertiary/aromatic N) is 1. The zero-order valence-electron chi connectivity index (χ0n) is 13.6. The van der Waals surface area contributed by atoms with Crippen LogP contribution in [0.2, 0.25) is 0 Å². The summed E-state index contributed by atoms with van der Waals surface area (Å²) in [5, 5.41) is 2.72. The molecule has 0 bridgehead atoms. The molecule has 0 spiro atoms. The lowest BCUT2D eigenvalue weighted by molar-refractivity contribution is -0.145. The van der Waals surface area contributed by atoms with E-state index >= 15 is 0 Å². The number of carbonyl (C=O) groups excluding carboxylic acids is 2. The van der Waals surface area contributed by atoms with Gasteiger partial charge in [-0.25, -0.2) is 4.79 Å². The summed E-state index contributed by atoms with van der Waals surface area (Å²) in [4.78, 5) is 25.4. The van der Waals surface area contributed by atoms with Gasteiger partial charge in [0.1, 0.15) is 6.04 Å². The van der Waals surface area contributed by atoms with Gasteiger partial charge in [0.25, 0.3) is 0 Å². The molecule has 0 aliphatic carbocycles. The molecule has 0 heterocycles. The molecule has 0 radical (unpaired) electrons. The lowest BCUT2D eigenvalue weighted by Crippen LogP contribution is -2.41. The van der Waals surface area contributed by atoms with E-state index in [9.17, 15) is 9.59 Å². The first-order valence-corrected chi connectivity index (χ1v) is 8.27. The Kier molecular flexibility index (Phi) is 12.5. The maximum Gasteiger partial charge on any atom is 0.328 e. The van der Waals surface area contributed by atoms with Crippen LogP contribution in [0.4, 0.5) is 0 Å². The predicted octanol–water partition coefficient (Wildman–Crippen LogP) is 1.87. The molecule has 0 aromatic rings. The first-order valence-electron chi connectivity index (χ1n) is 7.64. The number of methoxy groups -OCH3 is 1. The molecule has 0 aliphatic heterocycles. The van der Waals surface area contributed by atoms with Gasteiger partial charge in [-0.15, -0.1) is 0 Å². The highest BCUT2D eigenvalue weighted by Crippen LogP contribution is 2.06. The minimum atomic E-state index is -0.569. The molecule has 0 saturated carbocycles. The minimum absolute atomic E-state index is 0.0829. The first kappa shape index (κ1) is 20.2. The largest absolute Gasteiger partial charge is 0.467 e. The molecule has 124 valence electrons. The van der Waals surface area contributed by atoms with Gasteiger partial charge in [0.2, 0.25) is 5.91 Å². The van der Waals surface area contributed by atoms with Gasteiger partial charge in [-0.1, -0.05) is 19.3 Å². The molecule has 1 unspecified atom stereocenters. The Bertz CT molecular complexity index is 299. The average Bonchev–Trinajstić information content (AvgIpc) is 2.44. The van der Waals surface area contributed by atoms with E-state index in [0.717, 1.165) is 25.8 Å². The fourth-order valence-electron chi connectivity index (χ4n) is 2.03. The van der Waals surface area contributed by atoms with Crippen LogP contribution in [-0.4, -0.2) is 56.3 Å². The Morgan fingerprint density at radius 2 is 1.76 bits per heavy atom. The molecule has 0 aromatic heterocycles. The molecule has 0 aromatic carbocycles. The Morgan fingerprint density at radius 3 is 2.33 bits per heavy atom. The van der Waals surface area contributed by atoms with E-state index in [4.69, 9.17) is 0 Å². The quantitative estimate of drug-likeness (QED) is 0.328. The lowest BCUT2D eigenvalue weighted by Gasteiger charge is -2.15. The van der Waals surface area contributed by atoms with Crippen molar-refractivity contribution in [3.05, 3.63) is 0 Å². The first-order chi connectivity index (χ1) is 10.0. The van der Waals surface area contributed by atoms with Gasteiger partial charge < -0.3 is 15.0 Å². The summed E-state index contributed by atoms with van der Waals surface area (Å²) in [6, 6.07) is -0.569. The molecule has 21 heavy (non-hydrogen) atoms. The van der Waals surface area contributed by atoms with Crippen LogP contribution in [0.5, 0.6) is 0 Å². The summed E-state index contributed by atoms with van der Waals surface area (Å²) >= 11 is 4.09. The number of unbranched alkanes of at least 4 members (excludes halogenated alkanes) is 4. The Labute approximate surface area is 134 Å². The van der Waals surface area contributed by atoms with Crippen molar-refractivity contribution in [1.82, 2.24) is 10.2 Å². The third kappa shape index (κ3) is 11.6. The van der Waals surface area contributed by atoms with Gasteiger partial charge in [0, 0.05) is 6.42 Å². The molecule has 0 rings (SSSR count). The molecule has 0 fully saturated rings. The SMILES string of the molecule is COC(=O)C(CCS)NC(=O)CCCCCCCN(C)C. The Hall–Kier alpha value is -0.750. The number of amides is 1. The van der Waals surface area contributed by atoms with E-state index in [0.29, 0.717) is 18.6 Å². The summed E-state index contributed by atoms with van der Waals surface area (Å²) in [5.74, 6) is 0.0490. The molecular weight excluding hydrogens is 288 g/mol. The second kappa shape index (κ2) is 13.0. The summed E-state index contributed by atoms with van der Waals surface area (Å²) in [6.45, 7) is 1.12. The van der Waals surface area contributed by atoms with E-state index in [-0.39, 0.29) is 5.91 Å². The van der Waals surface area contributed by atoms with Gasteiger partial charge in [0.15, 0.2) is 0 Å². The summed E-state index contributed by atoms with van der Waals surface area (Å²) in [5.41, 5.74) is 0. The van der Waals surface area contributed by atoms with Gasteiger partial charge >= 0.3 is 5.97 Å². The number of thiol groups is 1. The molecule has 5 nitrogen and oxygen atoms in total. The second-order valence-electron chi connectivity index (χ2n) is 5.48. The second-order valence-corrected chi connectivity index (χ2v) is 5.92. The monoisotopic (exact) mass is 318 g/mol. The zero-order chi connectivity index (χ0) is 16.1. The van der Waals surface area contributed by atoms with Gasteiger partial charge in [-0.05, 0) is 45.7 Å². The molecule has 0 saturated heterocycles. The highest BCUT2D eigenvalue weighted by atomic mass is 32.1. The molecule has 1 N–H and O–H groups in total. The van der Waals surface area contributed by atoms with E-state index in [1.54, 1.807) is 0 Å². The van der Waals surface area contributed by atoms with Crippen molar-refractivity contribution in [1.29, 1.82) is 0 Å². The highest BCUT2D eigenvalue weighted by Gasteiger charge is 2.20. The van der Waals surface area contributed by atoms with Crippen LogP contribution in [0.15, 0.2) is 0 Å². The zero-order valence-corrected chi connectivity index (χ0v) is 14.5. The molecule has 1 amide bonds. The van der Waals surface area contributed by atoms with Crippen LogP contribution in [0.1, 0.15) is 44.9 Å². The highest BCUT2D eigenvalue weighted by molar-refractivity contribution is 7.80. The number of nitrogens with one attached hydrogen (secondary N) is 1. The van der Waals surface area contributed by atoms with Crippen molar-refractivity contribution in [2.24, 2.45) is 0 Å². The minimum Gasteiger partial charge on any atom is -0.467 e. The molecule has 1 atom stereocenters. The number of hydrogen-bond donors (Lipinski definition) is 2. The maximum atomic E-state index is 11.8. The molecule has 6 heteroatoms. The Balaban J connectivity index is 3.71. The predicted molar refractivity (Wildman–Crippen MR) is 88.7 cm³/mol. The number of rotatable bonds is 12. The van der Waals surface area contributed by atoms with Gasteiger partial charge in [0.05, 0.1) is 7.11 Å². The Morgan fingerprint density at radius 1 is 1.14 bits per heavy atom. The van der Waals surface area contributed by atoms with Crippen LogP contribution >= 0.6 is 12.6 Å². The van der Waals surface area contributed by atoms with E-state index < -0.39 is 12.0 Å². The summed E-state index contributed by atoms with van der Waals surface area (Å²) < 4.78 is 4.66.